The fraction of sp³-hybridized carbons (Fsp3) is 0.469. The van der Waals surface area contributed by atoms with Gasteiger partial charge in [0.1, 0.15) is 5.75 Å². The summed E-state index contributed by atoms with van der Waals surface area (Å²) in [4.78, 5) is 14.8. The number of nitrogens with zero attached hydrogens (tertiary/aromatic N) is 1. The second kappa shape index (κ2) is 8.62. The molecule has 8 rings (SSSR count). The smallest absolute Gasteiger partial charge is 0.254 e. The number of benzene rings is 3. The maximum Gasteiger partial charge on any atom is 0.254 e. The van der Waals surface area contributed by atoms with Gasteiger partial charge in [-0.3, -0.25) is 4.79 Å². The number of rotatable bonds is 4. The zero-order valence-corrected chi connectivity index (χ0v) is 21.2. The summed E-state index contributed by atoms with van der Waals surface area (Å²) in [6.07, 6.45) is 8.33. The van der Waals surface area contributed by atoms with E-state index < -0.39 is 0 Å². The third-order valence-electron chi connectivity index (χ3n) is 9.53. The van der Waals surface area contributed by atoms with Crippen LogP contribution in [0.5, 0.6) is 5.75 Å². The summed E-state index contributed by atoms with van der Waals surface area (Å²) in [6.45, 7) is 2.57. The Morgan fingerprint density at radius 1 is 0.833 bits per heavy atom. The van der Waals surface area contributed by atoms with Crippen LogP contribution in [0, 0.1) is 17.8 Å². The minimum atomic E-state index is 0.0969. The predicted octanol–water partition coefficient (Wildman–Crippen LogP) is 6.46. The van der Waals surface area contributed by atoms with Gasteiger partial charge in [-0.25, -0.2) is 0 Å². The van der Waals surface area contributed by atoms with E-state index in [4.69, 9.17) is 9.47 Å². The number of fused-ring (bicyclic) bond motifs is 1. The SMILES string of the molecule is COc1ccc(-c2ccc3cc(C(=O)N4CCOCC4)ccc3c2)cc1C12CC3CC(CC(C3)C1)C2. The summed E-state index contributed by atoms with van der Waals surface area (Å²) in [5, 5.41) is 2.27. The molecular formula is C32H35NO3. The molecule has 0 spiro atoms. The lowest BCUT2D eigenvalue weighted by Crippen LogP contribution is -2.48. The van der Waals surface area contributed by atoms with Crippen LogP contribution in [0.3, 0.4) is 0 Å². The highest BCUT2D eigenvalue weighted by atomic mass is 16.5. The molecule has 1 amide bonds. The molecule has 0 aromatic heterocycles. The van der Waals surface area contributed by atoms with Crippen molar-refractivity contribution in [3.05, 3.63) is 65.7 Å². The molecule has 5 aliphatic rings. The van der Waals surface area contributed by atoms with E-state index in [1.807, 2.05) is 24.1 Å². The molecule has 4 bridgehead atoms. The number of methoxy groups -OCH3 is 1. The molecule has 1 aliphatic heterocycles. The zero-order valence-electron chi connectivity index (χ0n) is 21.2. The van der Waals surface area contributed by atoms with Gasteiger partial charge in [-0.2, -0.15) is 0 Å². The molecule has 4 saturated carbocycles. The van der Waals surface area contributed by atoms with Crippen molar-refractivity contribution in [3.8, 4) is 16.9 Å². The minimum Gasteiger partial charge on any atom is -0.496 e. The van der Waals surface area contributed by atoms with Crippen LogP contribution in [0.15, 0.2) is 54.6 Å². The van der Waals surface area contributed by atoms with E-state index in [9.17, 15) is 4.79 Å². The summed E-state index contributed by atoms with van der Waals surface area (Å²) in [5.41, 5.74) is 4.97. The molecule has 0 atom stereocenters. The van der Waals surface area contributed by atoms with Gasteiger partial charge in [0.05, 0.1) is 20.3 Å². The van der Waals surface area contributed by atoms with Gasteiger partial charge in [0.25, 0.3) is 5.91 Å². The van der Waals surface area contributed by atoms with Gasteiger partial charge in [-0.05, 0) is 114 Å². The van der Waals surface area contributed by atoms with Gasteiger partial charge in [0.15, 0.2) is 0 Å². The fourth-order valence-corrected chi connectivity index (χ4v) is 8.25. The number of ether oxygens (including phenoxy) is 2. The highest BCUT2D eigenvalue weighted by Gasteiger charge is 2.52. The second-order valence-corrected chi connectivity index (χ2v) is 11.8. The van der Waals surface area contributed by atoms with Crippen molar-refractivity contribution in [3.63, 3.8) is 0 Å². The molecule has 4 nitrogen and oxygen atoms in total. The molecule has 1 saturated heterocycles. The molecular weight excluding hydrogens is 446 g/mol. The summed E-state index contributed by atoms with van der Waals surface area (Å²) < 4.78 is 11.3. The summed E-state index contributed by atoms with van der Waals surface area (Å²) in [5.74, 6) is 3.87. The quantitative estimate of drug-likeness (QED) is 0.430. The van der Waals surface area contributed by atoms with Crippen molar-refractivity contribution in [2.45, 2.75) is 43.9 Å². The van der Waals surface area contributed by atoms with E-state index in [1.165, 1.54) is 60.6 Å². The van der Waals surface area contributed by atoms with Crippen LogP contribution in [0.1, 0.15) is 54.4 Å². The van der Waals surface area contributed by atoms with Crippen LogP contribution < -0.4 is 4.74 Å². The number of hydrogen-bond acceptors (Lipinski definition) is 3. The average molecular weight is 482 g/mol. The lowest BCUT2D eigenvalue weighted by atomic mass is 9.48. The lowest BCUT2D eigenvalue weighted by molar-refractivity contribution is -0.00613. The Bertz CT molecular complexity index is 1290. The van der Waals surface area contributed by atoms with Crippen molar-refractivity contribution in [2.24, 2.45) is 17.8 Å². The molecule has 4 heteroatoms. The Hall–Kier alpha value is -2.85. The van der Waals surface area contributed by atoms with Crippen LogP contribution in [0.2, 0.25) is 0 Å². The molecule has 3 aromatic rings. The Morgan fingerprint density at radius 2 is 1.44 bits per heavy atom. The van der Waals surface area contributed by atoms with E-state index in [0.29, 0.717) is 31.7 Å². The minimum absolute atomic E-state index is 0.0969. The van der Waals surface area contributed by atoms with Crippen molar-refractivity contribution in [2.75, 3.05) is 33.4 Å². The third kappa shape index (κ3) is 3.73. The maximum atomic E-state index is 13.0. The van der Waals surface area contributed by atoms with Gasteiger partial charge in [-0.15, -0.1) is 0 Å². The van der Waals surface area contributed by atoms with Crippen LogP contribution in [0.25, 0.3) is 21.9 Å². The molecule has 4 aliphatic carbocycles. The lowest BCUT2D eigenvalue weighted by Gasteiger charge is -2.57. The summed E-state index contributed by atoms with van der Waals surface area (Å²) >= 11 is 0. The molecule has 0 radical (unpaired) electrons. The molecule has 3 aromatic carbocycles. The Labute approximate surface area is 213 Å². The van der Waals surface area contributed by atoms with E-state index in [0.717, 1.165) is 34.5 Å². The number of carbonyl (C=O) groups is 1. The highest BCUT2D eigenvalue weighted by Crippen LogP contribution is 2.62. The first kappa shape index (κ1) is 22.4. The predicted molar refractivity (Wildman–Crippen MR) is 143 cm³/mol. The van der Waals surface area contributed by atoms with E-state index in [-0.39, 0.29) is 5.91 Å². The fourth-order valence-electron chi connectivity index (χ4n) is 8.25. The Balaban J connectivity index is 1.22. The van der Waals surface area contributed by atoms with Crippen molar-refractivity contribution in [1.29, 1.82) is 0 Å². The Kier molecular flexibility index (Phi) is 5.35. The van der Waals surface area contributed by atoms with Gasteiger partial charge in [0.2, 0.25) is 0 Å². The van der Waals surface area contributed by atoms with E-state index in [2.05, 4.69) is 42.5 Å². The average Bonchev–Trinajstić information content (AvgIpc) is 2.91. The molecule has 5 fully saturated rings. The second-order valence-electron chi connectivity index (χ2n) is 11.8. The topological polar surface area (TPSA) is 38.8 Å². The molecule has 186 valence electrons. The zero-order chi connectivity index (χ0) is 24.3. The first-order valence-corrected chi connectivity index (χ1v) is 13.7. The highest BCUT2D eigenvalue weighted by molar-refractivity contribution is 5.99. The number of morpholine rings is 1. The number of amides is 1. The van der Waals surface area contributed by atoms with E-state index in [1.54, 1.807) is 0 Å². The van der Waals surface area contributed by atoms with Gasteiger partial charge in [0, 0.05) is 24.2 Å². The first-order chi connectivity index (χ1) is 17.6. The van der Waals surface area contributed by atoms with Crippen LogP contribution in [-0.4, -0.2) is 44.2 Å². The molecule has 0 unspecified atom stereocenters. The summed E-state index contributed by atoms with van der Waals surface area (Å²) in [6, 6.07) is 19.6. The molecule has 0 N–H and O–H groups in total. The molecule has 36 heavy (non-hydrogen) atoms. The first-order valence-electron chi connectivity index (χ1n) is 13.7. The van der Waals surface area contributed by atoms with Gasteiger partial charge in [-0.1, -0.05) is 24.3 Å². The van der Waals surface area contributed by atoms with E-state index >= 15 is 0 Å². The maximum absolute atomic E-state index is 13.0. The summed E-state index contributed by atoms with van der Waals surface area (Å²) in [7, 11) is 1.82. The van der Waals surface area contributed by atoms with Crippen molar-refractivity contribution in [1.82, 2.24) is 4.90 Å². The van der Waals surface area contributed by atoms with Crippen molar-refractivity contribution < 1.29 is 14.3 Å². The third-order valence-corrected chi connectivity index (χ3v) is 9.53. The van der Waals surface area contributed by atoms with Crippen LogP contribution in [-0.2, 0) is 10.2 Å². The standard InChI is InChI=1S/C32H35NO3/c1-35-30-7-6-27(17-29(30)32-18-21-12-22(19-32)14-23(13-21)20-32)25-2-3-26-16-28(5-4-24(26)15-25)31(34)33-8-10-36-11-9-33/h2-7,15-17,21-23H,8-14,18-20H2,1H3. The molecule has 1 heterocycles. The van der Waals surface area contributed by atoms with Gasteiger partial charge < -0.3 is 14.4 Å². The number of carbonyl (C=O) groups excluding carboxylic acids is 1. The van der Waals surface area contributed by atoms with Crippen LogP contribution >= 0.6 is 0 Å². The normalized spacial score (nSPS) is 29.0. The number of hydrogen-bond donors (Lipinski definition) is 0. The van der Waals surface area contributed by atoms with Crippen LogP contribution in [0.4, 0.5) is 0 Å². The monoisotopic (exact) mass is 481 g/mol. The Morgan fingerprint density at radius 3 is 2.14 bits per heavy atom. The largest absolute Gasteiger partial charge is 0.496 e. The van der Waals surface area contributed by atoms with Crippen molar-refractivity contribution >= 4 is 16.7 Å². The van der Waals surface area contributed by atoms with Gasteiger partial charge >= 0.3 is 0 Å².